The van der Waals surface area contributed by atoms with E-state index < -0.39 is 0 Å². The first kappa shape index (κ1) is 15.0. The summed E-state index contributed by atoms with van der Waals surface area (Å²) < 4.78 is 7.11. The molecule has 0 bridgehead atoms. The zero-order valence-electron chi connectivity index (χ0n) is 12.5. The summed E-state index contributed by atoms with van der Waals surface area (Å²) in [6, 6.07) is 8.49. The minimum Gasteiger partial charge on any atom is -0.384 e. The van der Waals surface area contributed by atoms with Crippen molar-refractivity contribution in [3.8, 4) is 0 Å². The van der Waals surface area contributed by atoms with E-state index in [4.69, 9.17) is 10.6 Å². The highest BCUT2D eigenvalue weighted by molar-refractivity contribution is 5.81. The van der Waals surface area contributed by atoms with Crippen molar-refractivity contribution >= 4 is 10.9 Å². The average Bonchev–Trinajstić information content (AvgIpc) is 2.75. The van der Waals surface area contributed by atoms with E-state index in [1.165, 1.54) is 5.39 Å². The Kier molecular flexibility index (Phi) is 5.11. The zero-order valence-corrected chi connectivity index (χ0v) is 12.5. The molecule has 3 N–H and O–H groups in total. The van der Waals surface area contributed by atoms with Gasteiger partial charge in [0.25, 0.3) is 0 Å². The summed E-state index contributed by atoms with van der Waals surface area (Å²) in [5.74, 6) is 6.16. The lowest BCUT2D eigenvalue weighted by atomic mass is 9.98. The van der Waals surface area contributed by atoms with Crippen molar-refractivity contribution in [3.63, 3.8) is 0 Å². The van der Waals surface area contributed by atoms with Crippen molar-refractivity contribution in [1.82, 2.24) is 15.2 Å². The van der Waals surface area contributed by atoms with Gasteiger partial charge in [-0.1, -0.05) is 25.1 Å². The molecule has 0 saturated heterocycles. The Bertz CT molecular complexity index is 552. The molecule has 1 heterocycles. The number of para-hydroxylation sites is 1. The first-order chi connectivity index (χ1) is 9.65. The zero-order chi connectivity index (χ0) is 14.5. The van der Waals surface area contributed by atoms with Gasteiger partial charge in [-0.3, -0.25) is 16.0 Å². The minimum absolute atomic E-state index is 0.207. The van der Waals surface area contributed by atoms with E-state index >= 15 is 0 Å². The van der Waals surface area contributed by atoms with Crippen LogP contribution in [0.3, 0.4) is 0 Å². The third-order valence-electron chi connectivity index (χ3n) is 3.65. The number of hydrazine groups is 1. The van der Waals surface area contributed by atoms with E-state index in [-0.39, 0.29) is 6.04 Å². The predicted molar refractivity (Wildman–Crippen MR) is 81.2 cm³/mol. The fourth-order valence-corrected chi connectivity index (χ4v) is 2.72. The summed E-state index contributed by atoms with van der Waals surface area (Å²) in [5.41, 5.74) is 5.16. The summed E-state index contributed by atoms with van der Waals surface area (Å²) in [6.45, 7) is 2.92. The molecule has 0 radical (unpaired) electrons. The quantitative estimate of drug-likeness (QED) is 0.596. The molecule has 1 aromatic carbocycles. The highest BCUT2D eigenvalue weighted by Crippen LogP contribution is 2.20. The van der Waals surface area contributed by atoms with Crippen LogP contribution in [-0.4, -0.2) is 29.5 Å². The second-order valence-electron chi connectivity index (χ2n) is 5.45. The van der Waals surface area contributed by atoms with Gasteiger partial charge in [0.1, 0.15) is 0 Å². The monoisotopic (exact) mass is 276 g/mol. The fraction of sp³-hybridized carbons (Fsp3) is 0.533. The molecular weight excluding hydrogens is 252 g/mol. The Hall–Kier alpha value is -1.43. The van der Waals surface area contributed by atoms with E-state index in [0.29, 0.717) is 5.92 Å². The van der Waals surface area contributed by atoms with Gasteiger partial charge >= 0.3 is 0 Å². The van der Waals surface area contributed by atoms with E-state index in [0.717, 1.165) is 30.7 Å². The van der Waals surface area contributed by atoms with Crippen LogP contribution in [0, 0.1) is 5.92 Å². The van der Waals surface area contributed by atoms with Gasteiger partial charge in [0.05, 0.1) is 11.2 Å². The van der Waals surface area contributed by atoms with Gasteiger partial charge in [0.15, 0.2) is 0 Å². The van der Waals surface area contributed by atoms with Crippen LogP contribution in [-0.2, 0) is 18.2 Å². The summed E-state index contributed by atoms with van der Waals surface area (Å²) >= 11 is 0. The van der Waals surface area contributed by atoms with Crippen molar-refractivity contribution in [2.75, 3.05) is 13.7 Å². The summed E-state index contributed by atoms with van der Waals surface area (Å²) in [6.07, 6.45) is 1.79. The SMILES string of the molecule is COCC(C)CC(Cc1nn(C)c2ccccc12)NN. The van der Waals surface area contributed by atoms with Crippen LogP contribution >= 0.6 is 0 Å². The molecule has 5 heteroatoms. The Morgan fingerprint density at radius 1 is 1.40 bits per heavy atom. The van der Waals surface area contributed by atoms with Gasteiger partial charge in [0.2, 0.25) is 0 Å². The van der Waals surface area contributed by atoms with Gasteiger partial charge in [0, 0.05) is 38.6 Å². The molecule has 0 aliphatic rings. The summed E-state index contributed by atoms with van der Waals surface area (Å²) in [5, 5.41) is 5.82. The molecule has 5 nitrogen and oxygen atoms in total. The smallest absolute Gasteiger partial charge is 0.0719 e. The maximum absolute atomic E-state index is 5.69. The number of rotatable bonds is 7. The lowest BCUT2D eigenvalue weighted by Crippen LogP contribution is -2.38. The molecule has 2 unspecified atom stereocenters. The highest BCUT2D eigenvalue weighted by Gasteiger charge is 2.16. The number of benzene rings is 1. The second-order valence-corrected chi connectivity index (χ2v) is 5.45. The molecule has 0 saturated carbocycles. The lowest BCUT2D eigenvalue weighted by molar-refractivity contribution is 0.149. The molecule has 2 atom stereocenters. The normalized spacial score (nSPS) is 14.6. The summed E-state index contributed by atoms with van der Waals surface area (Å²) in [7, 11) is 3.71. The van der Waals surface area contributed by atoms with Crippen molar-refractivity contribution < 1.29 is 4.74 Å². The number of aryl methyl sites for hydroxylation is 1. The molecular formula is C15H24N4O. The molecule has 1 aromatic heterocycles. The van der Waals surface area contributed by atoms with Crippen LogP contribution in [0.4, 0.5) is 0 Å². The first-order valence-electron chi connectivity index (χ1n) is 7.01. The number of aromatic nitrogens is 2. The molecule has 20 heavy (non-hydrogen) atoms. The van der Waals surface area contributed by atoms with Crippen LogP contribution in [0.1, 0.15) is 19.0 Å². The lowest BCUT2D eigenvalue weighted by Gasteiger charge is -2.19. The third kappa shape index (κ3) is 3.36. The van der Waals surface area contributed by atoms with Crippen molar-refractivity contribution in [3.05, 3.63) is 30.0 Å². The van der Waals surface area contributed by atoms with E-state index in [1.807, 2.05) is 23.9 Å². The van der Waals surface area contributed by atoms with E-state index in [9.17, 15) is 0 Å². The molecule has 110 valence electrons. The van der Waals surface area contributed by atoms with Gasteiger partial charge in [-0.25, -0.2) is 0 Å². The standard InChI is InChI=1S/C15H24N4O/c1-11(10-20-3)8-12(17-16)9-14-13-6-4-5-7-15(13)19(2)18-14/h4-7,11-12,17H,8-10,16H2,1-3H3. The van der Waals surface area contributed by atoms with E-state index in [1.54, 1.807) is 7.11 Å². The second kappa shape index (κ2) is 6.83. The number of fused-ring (bicyclic) bond motifs is 1. The molecule has 2 aromatic rings. The Morgan fingerprint density at radius 3 is 2.85 bits per heavy atom. The van der Waals surface area contributed by atoms with Crippen LogP contribution in [0.15, 0.2) is 24.3 Å². The third-order valence-corrected chi connectivity index (χ3v) is 3.65. The molecule has 2 rings (SSSR count). The van der Waals surface area contributed by atoms with Crippen molar-refractivity contribution in [2.45, 2.75) is 25.8 Å². The number of methoxy groups -OCH3 is 1. The maximum Gasteiger partial charge on any atom is 0.0719 e. The molecule has 0 aliphatic heterocycles. The highest BCUT2D eigenvalue weighted by atomic mass is 16.5. The van der Waals surface area contributed by atoms with Crippen LogP contribution in [0.25, 0.3) is 10.9 Å². The molecule has 0 spiro atoms. The number of nitrogens with one attached hydrogen (secondary N) is 1. The van der Waals surface area contributed by atoms with Gasteiger partial charge in [-0.15, -0.1) is 0 Å². The Balaban J connectivity index is 2.13. The largest absolute Gasteiger partial charge is 0.384 e. The molecule has 0 fully saturated rings. The van der Waals surface area contributed by atoms with E-state index in [2.05, 4.69) is 29.6 Å². The number of nitrogens with zero attached hydrogens (tertiary/aromatic N) is 2. The topological polar surface area (TPSA) is 65.1 Å². The van der Waals surface area contributed by atoms with Gasteiger partial charge in [-0.05, 0) is 18.4 Å². The van der Waals surface area contributed by atoms with Crippen LogP contribution < -0.4 is 11.3 Å². The first-order valence-corrected chi connectivity index (χ1v) is 7.01. The van der Waals surface area contributed by atoms with Crippen LogP contribution in [0.5, 0.6) is 0 Å². The fourth-order valence-electron chi connectivity index (χ4n) is 2.72. The van der Waals surface area contributed by atoms with Gasteiger partial charge in [-0.2, -0.15) is 5.10 Å². The average molecular weight is 276 g/mol. The maximum atomic E-state index is 5.69. The number of nitrogens with two attached hydrogens (primary N) is 1. The number of hydrogen-bond donors (Lipinski definition) is 2. The number of hydrogen-bond acceptors (Lipinski definition) is 4. The van der Waals surface area contributed by atoms with Crippen LogP contribution in [0.2, 0.25) is 0 Å². The minimum atomic E-state index is 0.207. The Labute approximate surface area is 120 Å². The predicted octanol–water partition coefficient (Wildman–Crippen LogP) is 1.62. The Morgan fingerprint density at radius 2 is 2.15 bits per heavy atom. The molecule has 0 aliphatic carbocycles. The van der Waals surface area contributed by atoms with Gasteiger partial charge < -0.3 is 4.74 Å². The van der Waals surface area contributed by atoms with Crippen molar-refractivity contribution in [2.24, 2.45) is 18.8 Å². The number of ether oxygens (including phenoxy) is 1. The summed E-state index contributed by atoms with van der Waals surface area (Å²) in [4.78, 5) is 0. The van der Waals surface area contributed by atoms with Crippen molar-refractivity contribution in [1.29, 1.82) is 0 Å². The molecule has 0 amide bonds.